The van der Waals surface area contributed by atoms with Crippen LogP contribution < -0.4 is 0 Å². The van der Waals surface area contributed by atoms with Gasteiger partial charge in [0, 0.05) is 0 Å². The maximum absolute atomic E-state index is 4.43. The summed E-state index contributed by atoms with van der Waals surface area (Å²) in [5.74, 6) is 3.37. The maximum atomic E-state index is 4.43. The quantitative estimate of drug-likeness (QED) is 0.500. The van der Waals surface area contributed by atoms with Gasteiger partial charge in [0.15, 0.2) is 0 Å². The highest BCUT2D eigenvalue weighted by atomic mass is 14.4. The molecule has 0 amide bonds. The molecular formula is C23H34. The first kappa shape index (κ1) is 18.0. The van der Waals surface area contributed by atoms with E-state index in [1.807, 2.05) is 0 Å². The molecular weight excluding hydrogens is 276 g/mol. The van der Waals surface area contributed by atoms with Crippen molar-refractivity contribution >= 4 is 5.57 Å². The van der Waals surface area contributed by atoms with E-state index < -0.39 is 0 Å². The highest BCUT2D eigenvalue weighted by Gasteiger charge is 2.30. The molecule has 0 N–H and O–H groups in total. The molecule has 0 heterocycles. The average molecular weight is 311 g/mol. The molecule has 1 aliphatic rings. The molecule has 0 radical (unpaired) electrons. The SMILES string of the molecule is C=C(Cc1ccccc1C(=C)C)CC1CC(C)CCC1C(C)C. The molecule has 0 saturated heterocycles. The molecule has 0 nitrogen and oxygen atoms in total. The van der Waals surface area contributed by atoms with E-state index in [0.29, 0.717) is 0 Å². The van der Waals surface area contributed by atoms with E-state index in [0.717, 1.165) is 35.7 Å². The Morgan fingerprint density at radius 3 is 2.52 bits per heavy atom. The van der Waals surface area contributed by atoms with Crippen LogP contribution >= 0.6 is 0 Å². The Hall–Kier alpha value is -1.30. The Kier molecular flexibility index (Phi) is 6.27. The lowest BCUT2D eigenvalue weighted by atomic mass is 9.68. The Bertz CT molecular complexity index is 549. The van der Waals surface area contributed by atoms with Gasteiger partial charge in [-0.3, -0.25) is 0 Å². The fraction of sp³-hybridized carbons (Fsp3) is 0.565. The summed E-state index contributed by atoms with van der Waals surface area (Å²) in [6, 6.07) is 8.66. The van der Waals surface area contributed by atoms with E-state index in [1.54, 1.807) is 0 Å². The molecule has 23 heavy (non-hydrogen) atoms. The van der Waals surface area contributed by atoms with Gasteiger partial charge >= 0.3 is 0 Å². The minimum absolute atomic E-state index is 0.794. The second-order valence-corrected chi connectivity index (χ2v) is 8.15. The fourth-order valence-corrected chi connectivity index (χ4v) is 4.44. The van der Waals surface area contributed by atoms with E-state index in [-0.39, 0.29) is 0 Å². The lowest BCUT2D eigenvalue weighted by Crippen LogP contribution is -2.28. The third-order valence-corrected chi connectivity index (χ3v) is 5.63. The number of allylic oxidation sites excluding steroid dienone is 2. The van der Waals surface area contributed by atoms with Crippen molar-refractivity contribution in [2.75, 3.05) is 0 Å². The molecule has 126 valence electrons. The zero-order valence-corrected chi connectivity index (χ0v) is 15.6. The van der Waals surface area contributed by atoms with Crippen molar-refractivity contribution in [1.82, 2.24) is 0 Å². The summed E-state index contributed by atoms with van der Waals surface area (Å²) in [5, 5.41) is 0. The average Bonchev–Trinajstić information content (AvgIpc) is 2.47. The lowest BCUT2D eigenvalue weighted by Gasteiger charge is -2.38. The number of hydrogen-bond donors (Lipinski definition) is 0. The van der Waals surface area contributed by atoms with Gasteiger partial charge in [0.2, 0.25) is 0 Å². The predicted octanol–water partition coefficient (Wildman–Crippen LogP) is 6.92. The lowest BCUT2D eigenvalue weighted by molar-refractivity contribution is 0.143. The first-order valence-electron chi connectivity index (χ1n) is 9.29. The summed E-state index contributed by atoms with van der Waals surface area (Å²) in [6.45, 7) is 17.9. The van der Waals surface area contributed by atoms with E-state index in [9.17, 15) is 0 Å². The van der Waals surface area contributed by atoms with Crippen LogP contribution in [0.15, 0.2) is 43.0 Å². The van der Waals surface area contributed by atoms with Gasteiger partial charge in [-0.1, -0.05) is 75.8 Å². The van der Waals surface area contributed by atoms with E-state index in [4.69, 9.17) is 0 Å². The van der Waals surface area contributed by atoms with Crippen molar-refractivity contribution in [3.05, 3.63) is 54.1 Å². The molecule has 1 aliphatic carbocycles. The fourth-order valence-electron chi connectivity index (χ4n) is 4.44. The van der Waals surface area contributed by atoms with Gasteiger partial charge < -0.3 is 0 Å². The maximum Gasteiger partial charge on any atom is -0.00637 e. The highest BCUT2D eigenvalue weighted by Crippen LogP contribution is 2.41. The van der Waals surface area contributed by atoms with Crippen molar-refractivity contribution in [1.29, 1.82) is 0 Å². The standard InChI is InChI=1S/C23H34/c1-16(2)22-10-8-7-9-20(22)14-19(6)15-21-13-18(5)11-12-23(21)17(3)4/h7-10,17-18,21,23H,1,6,11-15H2,2-5H3. The summed E-state index contributed by atoms with van der Waals surface area (Å²) in [6.07, 6.45) is 6.38. The molecule has 2 rings (SSSR count). The third-order valence-electron chi connectivity index (χ3n) is 5.63. The number of hydrogen-bond acceptors (Lipinski definition) is 0. The Balaban J connectivity index is 2.05. The minimum Gasteiger partial charge on any atom is -0.0995 e. The van der Waals surface area contributed by atoms with E-state index in [1.165, 1.54) is 42.4 Å². The van der Waals surface area contributed by atoms with E-state index >= 15 is 0 Å². The van der Waals surface area contributed by atoms with Gasteiger partial charge in [-0.05, 0) is 67.4 Å². The second-order valence-electron chi connectivity index (χ2n) is 8.15. The molecule has 1 aromatic rings. The monoisotopic (exact) mass is 310 g/mol. The zero-order chi connectivity index (χ0) is 17.0. The molecule has 3 atom stereocenters. The molecule has 1 saturated carbocycles. The van der Waals surface area contributed by atoms with Crippen LogP contribution in [0.5, 0.6) is 0 Å². The number of rotatable bonds is 6. The van der Waals surface area contributed by atoms with Gasteiger partial charge in [0.25, 0.3) is 0 Å². The Labute approximate surface area is 143 Å². The third kappa shape index (κ3) is 4.83. The second kappa shape index (κ2) is 7.99. The van der Waals surface area contributed by atoms with E-state index in [2.05, 4.69) is 65.1 Å². The van der Waals surface area contributed by atoms with Crippen LogP contribution in [0.2, 0.25) is 0 Å². The molecule has 0 spiro atoms. The van der Waals surface area contributed by atoms with Crippen LogP contribution in [0.4, 0.5) is 0 Å². The van der Waals surface area contributed by atoms with Gasteiger partial charge in [-0.2, -0.15) is 0 Å². The summed E-state index contributed by atoms with van der Waals surface area (Å²) in [7, 11) is 0. The summed E-state index contributed by atoms with van der Waals surface area (Å²) < 4.78 is 0. The van der Waals surface area contributed by atoms with Crippen molar-refractivity contribution < 1.29 is 0 Å². The van der Waals surface area contributed by atoms with Gasteiger partial charge in [-0.15, -0.1) is 0 Å². The summed E-state index contributed by atoms with van der Waals surface area (Å²) in [5.41, 5.74) is 5.23. The molecule has 0 aliphatic heterocycles. The molecule has 0 bridgehead atoms. The molecule has 1 fully saturated rings. The van der Waals surface area contributed by atoms with Gasteiger partial charge in [-0.25, -0.2) is 0 Å². The van der Waals surface area contributed by atoms with Crippen LogP contribution in [0, 0.1) is 23.7 Å². The Morgan fingerprint density at radius 2 is 1.87 bits per heavy atom. The molecule has 3 unspecified atom stereocenters. The normalized spacial score (nSPS) is 24.7. The zero-order valence-electron chi connectivity index (χ0n) is 15.6. The summed E-state index contributed by atoms with van der Waals surface area (Å²) >= 11 is 0. The highest BCUT2D eigenvalue weighted by molar-refractivity contribution is 5.64. The topological polar surface area (TPSA) is 0 Å². The van der Waals surface area contributed by atoms with Crippen LogP contribution in [-0.2, 0) is 6.42 Å². The summed E-state index contributed by atoms with van der Waals surface area (Å²) in [4.78, 5) is 0. The van der Waals surface area contributed by atoms with Crippen LogP contribution in [-0.4, -0.2) is 0 Å². The van der Waals surface area contributed by atoms with Crippen molar-refractivity contribution in [3.8, 4) is 0 Å². The molecule has 0 aromatic heterocycles. The molecule has 0 heteroatoms. The first-order valence-corrected chi connectivity index (χ1v) is 9.29. The minimum atomic E-state index is 0.794. The van der Waals surface area contributed by atoms with Crippen LogP contribution in [0.3, 0.4) is 0 Å². The largest absolute Gasteiger partial charge is 0.0995 e. The van der Waals surface area contributed by atoms with Crippen LogP contribution in [0.1, 0.15) is 64.5 Å². The van der Waals surface area contributed by atoms with Crippen molar-refractivity contribution in [3.63, 3.8) is 0 Å². The predicted molar refractivity (Wildman–Crippen MR) is 103 cm³/mol. The van der Waals surface area contributed by atoms with Gasteiger partial charge in [0.1, 0.15) is 0 Å². The Morgan fingerprint density at radius 1 is 1.17 bits per heavy atom. The number of benzene rings is 1. The van der Waals surface area contributed by atoms with Crippen molar-refractivity contribution in [2.45, 2.75) is 59.8 Å². The van der Waals surface area contributed by atoms with Crippen molar-refractivity contribution in [2.24, 2.45) is 23.7 Å². The van der Waals surface area contributed by atoms with Crippen LogP contribution in [0.25, 0.3) is 5.57 Å². The molecule has 1 aromatic carbocycles. The van der Waals surface area contributed by atoms with Gasteiger partial charge in [0.05, 0.1) is 0 Å². The smallest absolute Gasteiger partial charge is 0.00637 e. The first-order chi connectivity index (χ1) is 10.9.